The lowest BCUT2D eigenvalue weighted by Gasteiger charge is -2.05. The van der Waals surface area contributed by atoms with Gasteiger partial charge in [0.2, 0.25) is 5.95 Å². The van der Waals surface area contributed by atoms with Crippen LogP contribution in [0.15, 0.2) is 16.8 Å². The maximum atomic E-state index is 5.58. The Hall–Kier alpha value is -1.91. The number of nitrogen functional groups attached to an aromatic ring is 1. The van der Waals surface area contributed by atoms with Crippen molar-refractivity contribution in [2.45, 2.75) is 64.7 Å². The molecule has 0 spiro atoms. The van der Waals surface area contributed by atoms with E-state index in [9.17, 15) is 0 Å². The zero-order valence-electron chi connectivity index (χ0n) is 13.9. The first kappa shape index (κ1) is 16.0. The molecule has 5 nitrogen and oxygen atoms in total. The van der Waals surface area contributed by atoms with E-state index in [1.54, 1.807) is 12.3 Å². The van der Waals surface area contributed by atoms with Gasteiger partial charge in [0.1, 0.15) is 5.69 Å². The van der Waals surface area contributed by atoms with Crippen LogP contribution in [-0.2, 0) is 6.42 Å². The summed E-state index contributed by atoms with van der Waals surface area (Å²) in [6.45, 7) is 1.97. The molecule has 0 unspecified atom stereocenters. The van der Waals surface area contributed by atoms with E-state index in [2.05, 4.69) is 15.1 Å². The van der Waals surface area contributed by atoms with E-state index >= 15 is 0 Å². The molecule has 2 aliphatic carbocycles. The number of nitrogens with zero attached hydrogens (tertiary/aromatic N) is 3. The maximum Gasteiger partial charge on any atom is 0.220 e. The summed E-state index contributed by atoms with van der Waals surface area (Å²) in [6, 6.07) is 1.80. The van der Waals surface area contributed by atoms with Crippen LogP contribution in [0.25, 0.3) is 11.5 Å². The summed E-state index contributed by atoms with van der Waals surface area (Å²) < 4.78 is 5.37. The topological polar surface area (TPSA) is 77.8 Å². The minimum Gasteiger partial charge on any atom is -0.368 e. The van der Waals surface area contributed by atoms with E-state index in [0.29, 0.717) is 5.69 Å². The van der Waals surface area contributed by atoms with Crippen LogP contribution < -0.4 is 5.73 Å². The summed E-state index contributed by atoms with van der Waals surface area (Å²) in [5.74, 6) is 1.78. The molecule has 124 valence electrons. The van der Waals surface area contributed by atoms with Gasteiger partial charge in [-0.1, -0.05) is 43.7 Å². The number of hydrogen-bond acceptors (Lipinski definition) is 5. The van der Waals surface area contributed by atoms with Crippen LogP contribution >= 0.6 is 0 Å². The molecule has 5 heteroatoms. The summed E-state index contributed by atoms with van der Waals surface area (Å²) in [4.78, 5) is 8.06. The summed E-state index contributed by atoms with van der Waals surface area (Å²) in [6.07, 6.45) is 14.3. The molecule has 2 fully saturated rings. The molecule has 0 aromatic carbocycles. The third-order valence-corrected chi connectivity index (χ3v) is 4.58. The fourth-order valence-corrected chi connectivity index (χ4v) is 3.00. The van der Waals surface area contributed by atoms with Crippen molar-refractivity contribution < 1.29 is 4.52 Å². The Morgan fingerprint density at radius 3 is 2.35 bits per heavy atom. The van der Waals surface area contributed by atoms with Gasteiger partial charge < -0.3 is 10.3 Å². The van der Waals surface area contributed by atoms with Crippen molar-refractivity contribution in [3.63, 3.8) is 0 Å². The predicted octanol–water partition coefficient (Wildman–Crippen LogP) is 4.32. The minimum absolute atomic E-state index is 0.258. The molecule has 2 saturated carbocycles. The normalized spacial score (nSPS) is 17.4. The molecule has 2 aromatic rings. The third-order valence-electron chi connectivity index (χ3n) is 4.58. The maximum absolute atomic E-state index is 5.58. The molecular weight excluding hydrogens is 288 g/mol. The zero-order valence-corrected chi connectivity index (χ0v) is 13.9. The second-order valence-electron chi connectivity index (χ2n) is 6.64. The first-order valence-electron chi connectivity index (χ1n) is 8.78. The highest BCUT2D eigenvalue weighted by Gasteiger charge is 2.26. The van der Waals surface area contributed by atoms with Crippen molar-refractivity contribution in [2.24, 2.45) is 5.92 Å². The van der Waals surface area contributed by atoms with Gasteiger partial charge in [-0.2, -0.15) is 0 Å². The van der Waals surface area contributed by atoms with Gasteiger partial charge in [-0.15, -0.1) is 0 Å². The SMILES string of the molecule is C1CCCCC1.Cc1noc(-c2ccnc(N)n2)c1CC1CC1. The Morgan fingerprint density at radius 1 is 1.13 bits per heavy atom. The molecule has 0 atom stereocenters. The second kappa shape index (κ2) is 7.57. The molecule has 0 aliphatic heterocycles. The average molecular weight is 314 g/mol. The van der Waals surface area contributed by atoms with Gasteiger partial charge in [-0.25, -0.2) is 9.97 Å². The van der Waals surface area contributed by atoms with Crippen LogP contribution in [0, 0.1) is 12.8 Å². The first-order valence-corrected chi connectivity index (χ1v) is 8.78. The lowest BCUT2D eigenvalue weighted by atomic mass is 10.0. The quantitative estimate of drug-likeness (QED) is 0.913. The Bertz CT molecular complexity index is 618. The van der Waals surface area contributed by atoms with Crippen molar-refractivity contribution in [1.29, 1.82) is 0 Å². The fraction of sp³-hybridized carbons (Fsp3) is 0.611. The van der Waals surface area contributed by atoms with Crippen LogP contribution in [0.5, 0.6) is 0 Å². The van der Waals surface area contributed by atoms with Crippen molar-refractivity contribution in [2.75, 3.05) is 5.73 Å². The molecule has 4 rings (SSSR count). The fourth-order valence-electron chi connectivity index (χ4n) is 3.00. The van der Waals surface area contributed by atoms with Gasteiger partial charge in [-0.05, 0) is 38.2 Å². The number of aryl methyl sites for hydroxylation is 1. The summed E-state index contributed by atoms with van der Waals surface area (Å²) in [5.41, 5.74) is 8.40. The first-order chi connectivity index (χ1) is 11.2. The van der Waals surface area contributed by atoms with Crippen molar-refractivity contribution in [1.82, 2.24) is 15.1 Å². The van der Waals surface area contributed by atoms with Crippen LogP contribution in [0.4, 0.5) is 5.95 Å². The number of anilines is 1. The molecule has 0 amide bonds. The second-order valence-corrected chi connectivity index (χ2v) is 6.64. The highest BCUT2D eigenvalue weighted by atomic mass is 16.5. The van der Waals surface area contributed by atoms with Crippen LogP contribution in [-0.4, -0.2) is 15.1 Å². The molecule has 2 aromatic heterocycles. The van der Waals surface area contributed by atoms with E-state index < -0.39 is 0 Å². The Labute approximate surface area is 137 Å². The zero-order chi connectivity index (χ0) is 16.1. The highest BCUT2D eigenvalue weighted by Crippen LogP contribution is 2.36. The Balaban J connectivity index is 0.000000220. The lowest BCUT2D eigenvalue weighted by molar-refractivity contribution is 0.425. The van der Waals surface area contributed by atoms with Crippen LogP contribution in [0.3, 0.4) is 0 Å². The van der Waals surface area contributed by atoms with Gasteiger partial charge in [0, 0.05) is 11.8 Å². The van der Waals surface area contributed by atoms with Gasteiger partial charge in [0.15, 0.2) is 5.76 Å². The number of hydrogen-bond donors (Lipinski definition) is 1. The standard InChI is InChI=1S/C12H14N4O.C6H12/c1-7-9(6-8-2-3-8)11(17-16-7)10-4-5-14-12(13)15-10;1-2-4-6-5-3-1/h4-5,8H,2-3,6H2,1H3,(H2,13,14,15);1-6H2. The lowest BCUT2D eigenvalue weighted by Crippen LogP contribution is -1.97. The highest BCUT2D eigenvalue weighted by molar-refractivity contribution is 5.58. The molecule has 0 radical (unpaired) electrons. The predicted molar refractivity (Wildman–Crippen MR) is 90.8 cm³/mol. The molecular formula is C18H26N4O. The van der Waals surface area contributed by atoms with Gasteiger partial charge in [0.25, 0.3) is 0 Å². The summed E-state index contributed by atoms with van der Waals surface area (Å²) in [5, 5.41) is 4.03. The average Bonchev–Trinajstić information content (AvgIpc) is 3.33. The largest absolute Gasteiger partial charge is 0.368 e. The number of aromatic nitrogens is 3. The molecule has 0 bridgehead atoms. The molecule has 2 aliphatic rings. The number of rotatable bonds is 3. The van der Waals surface area contributed by atoms with E-state index in [1.165, 1.54) is 51.4 Å². The third kappa shape index (κ3) is 4.53. The van der Waals surface area contributed by atoms with Gasteiger partial charge in [-0.3, -0.25) is 0 Å². The van der Waals surface area contributed by atoms with Gasteiger partial charge >= 0.3 is 0 Å². The summed E-state index contributed by atoms with van der Waals surface area (Å²) >= 11 is 0. The summed E-state index contributed by atoms with van der Waals surface area (Å²) in [7, 11) is 0. The van der Waals surface area contributed by atoms with Crippen molar-refractivity contribution >= 4 is 5.95 Å². The van der Waals surface area contributed by atoms with E-state index in [1.807, 2.05) is 6.92 Å². The van der Waals surface area contributed by atoms with Crippen molar-refractivity contribution in [3.05, 3.63) is 23.5 Å². The molecule has 0 saturated heterocycles. The van der Waals surface area contributed by atoms with E-state index in [4.69, 9.17) is 10.3 Å². The van der Waals surface area contributed by atoms with Crippen LogP contribution in [0.2, 0.25) is 0 Å². The Kier molecular flexibility index (Phi) is 5.26. The molecule has 2 heterocycles. The van der Waals surface area contributed by atoms with E-state index in [-0.39, 0.29) is 5.95 Å². The Morgan fingerprint density at radius 2 is 1.78 bits per heavy atom. The molecule has 2 N–H and O–H groups in total. The van der Waals surface area contributed by atoms with Crippen LogP contribution in [0.1, 0.15) is 62.6 Å². The number of nitrogens with two attached hydrogens (primary N) is 1. The minimum atomic E-state index is 0.258. The van der Waals surface area contributed by atoms with Gasteiger partial charge in [0.05, 0.1) is 5.69 Å². The monoisotopic (exact) mass is 314 g/mol. The van der Waals surface area contributed by atoms with E-state index in [0.717, 1.165) is 29.4 Å². The molecule has 23 heavy (non-hydrogen) atoms. The smallest absolute Gasteiger partial charge is 0.220 e. The van der Waals surface area contributed by atoms with Crippen molar-refractivity contribution in [3.8, 4) is 11.5 Å².